The number of carbonyl (C=O) groups is 1. The molecule has 2 N–H and O–H groups in total. The molecule has 1 aromatic heterocycles. The minimum Gasteiger partial charge on any atom is -0.396 e. The monoisotopic (exact) mass is 465 g/mol. The Morgan fingerprint density at radius 3 is 2.73 bits per heavy atom. The number of nitrogens with zero attached hydrogens (tertiary/aromatic N) is 4. The maximum Gasteiger partial charge on any atom is 0.417 e. The number of rotatable bonds is 5. The number of carbonyl (C=O) groups excluding carboxylic acids is 1. The van der Waals surface area contributed by atoms with Gasteiger partial charge in [0.05, 0.1) is 16.9 Å². The zero-order valence-corrected chi connectivity index (χ0v) is 18.1. The van der Waals surface area contributed by atoms with Crippen molar-refractivity contribution in [3.05, 3.63) is 46.9 Å². The van der Waals surface area contributed by atoms with E-state index in [1.165, 1.54) is 31.0 Å². The van der Waals surface area contributed by atoms with Crippen LogP contribution in [0.2, 0.25) is 0 Å². The van der Waals surface area contributed by atoms with Gasteiger partial charge in [-0.3, -0.25) is 4.79 Å². The number of aryl methyl sites for hydroxylation is 1. The fourth-order valence-corrected chi connectivity index (χ4v) is 3.86. The van der Waals surface area contributed by atoms with Crippen molar-refractivity contribution in [2.24, 2.45) is 0 Å². The Morgan fingerprint density at radius 1 is 1.36 bits per heavy atom. The predicted octanol–water partition coefficient (Wildman–Crippen LogP) is 3.46. The number of anilines is 3. The molecule has 3 rings (SSSR count). The molecule has 0 saturated carbocycles. The third-order valence-electron chi connectivity index (χ3n) is 5.42. The van der Waals surface area contributed by atoms with Crippen LogP contribution in [0.3, 0.4) is 0 Å². The number of aliphatic hydroxyl groups is 1. The van der Waals surface area contributed by atoms with E-state index in [4.69, 9.17) is 0 Å². The first-order valence-corrected chi connectivity index (χ1v) is 10.3. The van der Waals surface area contributed by atoms with Gasteiger partial charge in [0.25, 0.3) is 0 Å². The molecule has 2 heterocycles. The maximum absolute atomic E-state index is 14.7. The summed E-state index contributed by atoms with van der Waals surface area (Å²) in [6.45, 7) is 1.74. The summed E-state index contributed by atoms with van der Waals surface area (Å²) in [4.78, 5) is 20.2. The van der Waals surface area contributed by atoms with Crippen LogP contribution in [-0.4, -0.2) is 48.8 Å². The van der Waals surface area contributed by atoms with E-state index >= 15 is 0 Å². The number of halogens is 4. The average Bonchev–Trinajstić information content (AvgIpc) is 2.76. The summed E-state index contributed by atoms with van der Waals surface area (Å²) in [6.07, 6.45) is -4.31. The van der Waals surface area contributed by atoms with E-state index in [-0.39, 0.29) is 42.5 Å². The van der Waals surface area contributed by atoms with Gasteiger partial charge in [0, 0.05) is 32.4 Å². The van der Waals surface area contributed by atoms with E-state index in [2.05, 4.69) is 10.3 Å². The van der Waals surface area contributed by atoms with E-state index in [9.17, 15) is 32.7 Å². The quantitative estimate of drug-likeness (QED) is 0.658. The maximum atomic E-state index is 14.7. The van der Waals surface area contributed by atoms with Gasteiger partial charge >= 0.3 is 6.18 Å². The van der Waals surface area contributed by atoms with Gasteiger partial charge in [-0.25, -0.2) is 9.37 Å². The molecule has 33 heavy (non-hydrogen) atoms. The van der Waals surface area contributed by atoms with Crippen LogP contribution < -0.4 is 15.1 Å². The number of alkyl halides is 3. The molecule has 0 spiro atoms. The van der Waals surface area contributed by atoms with Gasteiger partial charge in [0.2, 0.25) is 5.91 Å². The standard InChI is InChI=1S/C22H23F4N5O2/c1-13-11-15(22(24,25)26)14(12-27)20(28-13)29-17-7-9-31(8-4-10-32)19-16(23)5-3-6-18(19)30(2)21(17)33/h3,5-6,11,17,32H,4,7-10H2,1-2H3,(H,28,29)/t17-/m0/s1. The highest BCUT2D eigenvalue weighted by atomic mass is 19.4. The minimum absolute atomic E-state index is 0.0347. The second-order valence-electron chi connectivity index (χ2n) is 7.70. The van der Waals surface area contributed by atoms with Crippen molar-refractivity contribution >= 4 is 23.1 Å². The lowest BCUT2D eigenvalue weighted by Gasteiger charge is -2.36. The molecule has 0 bridgehead atoms. The zero-order chi connectivity index (χ0) is 24.3. The molecule has 2 aromatic rings. The van der Waals surface area contributed by atoms with Crippen molar-refractivity contribution in [1.82, 2.24) is 4.98 Å². The number of pyridine rings is 1. The van der Waals surface area contributed by atoms with Gasteiger partial charge in [-0.05, 0) is 38.0 Å². The number of hydrogen-bond acceptors (Lipinski definition) is 6. The van der Waals surface area contributed by atoms with E-state index < -0.39 is 35.1 Å². The number of hydrogen-bond donors (Lipinski definition) is 2. The van der Waals surface area contributed by atoms with E-state index in [0.717, 1.165) is 6.07 Å². The lowest BCUT2D eigenvalue weighted by molar-refractivity contribution is -0.137. The molecular weight excluding hydrogens is 442 g/mol. The summed E-state index contributed by atoms with van der Waals surface area (Å²) in [5, 5.41) is 21.4. The summed E-state index contributed by atoms with van der Waals surface area (Å²) in [5.74, 6) is -1.37. The SMILES string of the molecule is Cc1cc(C(F)(F)F)c(C#N)c(N[C@H]2CCN(CCCO)c3c(F)cccc3N(C)C2=O)n1. The summed E-state index contributed by atoms with van der Waals surface area (Å²) < 4.78 is 55.1. The number of likely N-dealkylation sites (N-methyl/N-ethyl adjacent to an activating group) is 1. The number of amides is 1. The number of aliphatic hydroxyl groups excluding tert-OH is 1. The Labute approximate surface area is 188 Å². The first-order chi connectivity index (χ1) is 15.6. The van der Waals surface area contributed by atoms with Gasteiger partial charge in [-0.2, -0.15) is 18.4 Å². The van der Waals surface area contributed by atoms with Crippen LogP contribution in [0.4, 0.5) is 34.8 Å². The number of fused-ring (bicyclic) bond motifs is 1. The van der Waals surface area contributed by atoms with E-state index in [1.54, 1.807) is 17.0 Å². The van der Waals surface area contributed by atoms with Crippen LogP contribution in [0.15, 0.2) is 24.3 Å². The Bertz CT molecular complexity index is 1080. The molecule has 1 amide bonds. The highest BCUT2D eigenvalue weighted by Crippen LogP contribution is 2.37. The summed E-state index contributed by atoms with van der Waals surface area (Å²) in [5.41, 5.74) is -1.30. The topological polar surface area (TPSA) is 92.5 Å². The van der Waals surface area contributed by atoms with Crippen molar-refractivity contribution in [3.8, 4) is 6.07 Å². The van der Waals surface area contributed by atoms with Crippen LogP contribution >= 0.6 is 0 Å². The summed E-state index contributed by atoms with van der Waals surface area (Å²) in [7, 11) is 1.45. The summed E-state index contributed by atoms with van der Waals surface area (Å²) in [6, 6.07) is 5.60. The van der Waals surface area contributed by atoms with Crippen molar-refractivity contribution < 1.29 is 27.5 Å². The molecule has 1 aromatic carbocycles. The first-order valence-electron chi connectivity index (χ1n) is 10.3. The highest BCUT2D eigenvalue weighted by Gasteiger charge is 2.37. The molecule has 1 atom stereocenters. The van der Waals surface area contributed by atoms with Crippen molar-refractivity contribution in [3.63, 3.8) is 0 Å². The molecule has 0 unspecified atom stereocenters. The van der Waals surface area contributed by atoms with Crippen molar-refractivity contribution in [2.45, 2.75) is 32.0 Å². The van der Waals surface area contributed by atoms with Gasteiger partial charge in [0.15, 0.2) is 0 Å². The van der Waals surface area contributed by atoms with Gasteiger partial charge in [0.1, 0.15) is 29.3 Å². The second kappa shape index (κ2) is 9.62. The summed E-state index contributed by atoms with van der Waals surface area (Å²) >= 11 is 0. The molecule has 11 heteroatoms. The first kappa shape index (κ1) is 24.3. The third kappa shape index (κ3) is 5.01. The number of aromatic nitrogens is 1. The molecule has 0 radical (unpaired) electrons. The normalized spacial score (nSPS) is 16.7. The Morgan fingerprint density at radius 2 is 2.09 bits per heavy atom. The zero-order valence-electron chi connectivity index (χ0n) is 18.1. The Balaban J connectivity index is 2.03. The van der Waals surface area contributed by atoms with Gasteiger partial charge in [-0.15, -0.1) is 0 Å². The van der Waals surface area contributed by atoms with Crippen LogP contribution in [0.5, 0.6) is 0 Å². The molecule has 176 valence electrons. The highest BCUT2D eigenvalue weighted by molar-refractivity contribution is 6.01. The number of benzene rings is 1. The van der Waals surface area contributed by atoms with Gasteiger partial charge in [-0.1, -0.05) is 6.07 Å². The lowest BCUT2D eigenvalue weighted by Crippen LogP contribution is -2.46. The molecule has 0 aliphatic carbocycles. The second-order valence-corrected chi connectivity index (χ2v) is 7.70. The number of nitrogens with one attached hydrogen (secondary N) is 1. The van der Waals surface area contributed by atoms with Crippen molar-refractivity contribution in [1.29, 1.82) is 5.26 Å². The van der Waals surface area contributed by atoms with E-state index in [0.29, 0.717) is 13.0 Å². The fourth-order valence-electron chi connectivity index (χ4n) is 3.86. The Hall–Kier alpha value is -3.39. The predicted molar refractivity (Wildman–Crippen MR) is 114 cm³/mol. The third-order valence-corrected chi connectivity index (χ3v) is 5.42. The minimum atomic E-state index is -4.77. The smallest absolute Gasteiger partial charge is 0.396 e. The van der Waals surface area contributed by atoms with Crippen LogP contribution in [0.1, 0.15) is 29.7 Å². The molecule has 1 aliphatic rings. The fraction of sp³-hybridized carbons (Fsp3) is 0.409. The molecular formula is C22H23F4N5O2. The number of para-hydroxylation sites is 1. The molecule has 1 aliphatic heterocycles. The molecule has 0 saturated heterocycles. The molecule has 0 fully saturated rings. The van der Waals surface area contributed by atoms with Gasteiger partial charge < -0.3 is 20.2 Å². The average molecular weight is 465 g/mol. The van der Waals surface area contributed by atoms with Crippen LogP contribution in [-0.2, 0) is 11.0 Å². The number of nitriles is 1. The van der Waals surface area contributed by atoms with Crippen LogP contribution in [0, 0.1) is 24.1 Å². The van der Waals surface area contributed by atoms with E-state index in [1.807, 2.05) is 0 Å². The molecule has 7 nitrogen and oxygen atoms in total. The lowest BCUT2D eigenvalue weighted by atomic mass is 10.0. The Kier molecular flexibility index (Phi) is 7.07. The van der Waals surface area contributed by atoms with Crippen molar-refractivity contribution in [2.75, 3.05) is 41.9 Å². The van der Waals surface area contributed by atoms with Crippen LogP contribution in [0.25, 0.3) is 0 Å². The largest absolute Gasteiger partial charge is 0.417 e.